The lowest BCUT2D eigenvalue weighted by Gasteiger charge is -2.55. The molecule has 16 nitrogen and oxygen atoms in total. The van der Waals surface area contributed by atoms with Crippen LogP contribution in [0.5, 0.6) is 0 Å². The molecule has 0 N–H and O–H groups in total. The molecule has 0 radical (unpaired) electrons. The molecule has 2 aromatic carbocycles. The van der Waals surface area contributed by atoms with Gasteiger partial charge in [0.2, 0.25) is 0 Å². The summed E-state index contributed by atoms with van der Waals surface area (Å²) in [6.45, 7) is 46.1. The fraction of sp³-hybridized carbons (Fsp3) is 0.767. The van der Waals surface area contributed by atoms with Crippen molar-refractivity contribution in [2.75, 3.05) is 20.5 Å². The van der Waals surface area contributed by atoms with Crippen molar-refractivity contribution in [2.45, 2.75) is 327 Å². The third-order valence-electron chi connectivity index (χ3n) is 21.2. The number of methoxy groups -OCH3 is 1. The summed E-state index contributed by atoms with van der Waals surface area (Å²) in [5, 5.41) is -0.0224. The number of hydrogen-bond acceptors (Lipinski definition) is 16. The van der Waals surface area contributed by atoms with Gasteiger partial charge in [-0.15, -0.1) is 0 Å². The van der Waals surface area contributed by atoms with E-state index in [1.807, 2.05) is 48.5 Å². The highest BCUT2D eigenvalue weighted by Gasteiger charge is 2.57. The van der Waals surface area contributed by atoms with Crippen LogP contribution in [-0.2, 0) is 88.2 Å². The molecule has 2 aromatic rings. The minimum Gasteiger partial charge on any atom is -0.518 e. The highest BCUT2D eigenvalue weighted by molar-refractivity contribution is 6.79. The minimum atomic E-state index is -2.60. The molecule has 4 saturated heterocycles. The smallest absolute Gasteiger partial charge is 0.302 e. The topological polar surface area (TPSA) is 171 Å². The van der Waals surface area contributed by atoms with Crippen LogP contribution in [0.2, 0.25) is 52.9 Å². The number of ether oxygens (including phenoxy) is 10. The Labute approximate surface area is 558 Å². The number of rotatable bonds is 33. The third-order valence-corrected chi connectivity index (χ3v) is 36.5. The van der Waals surface area contributed by atoms with E-state index in [0.29, 0.717) is 77.6 Å². The lowest BCUT2D eigenvalue weighted by Crippen LogP contribution is -2.61. The van der Waals surface area contributed by atoms with Crippen LogP contribution in [0.25, 0.3) is 0 Å². The van der Waals surface area contributed by atoms with E-state index in [-0.39, 0.29) is 65.6 Å². The van der Waals surface area contributed by atoms with Crippen LogP contribution in [0.3, 0.4) is 0 Å². The maximum atomic E-state index is 14.4. The predicted molar refractivity (Wildman–Crippen MR) is 368 cm³/mol. The van der Waals surface area contributed by atoms with Gasteiger partial charge in [0.15, 0.2) is 28.2 Å². The van der Waals surface area contributed by atoms with E-state index in [4.69, 9.17) is 67.2 Å². The van der Waals surface area contributed by atoms with Gasteiger partial charge < -0.3 is 60.6 Å². The zero-order valence-corrected chi connectivity index (χ0v) is 63.3. The summed E-state index contributed by atoms with van der Waals surface area (Å²) >= 11 is 0. The van der Waals surface area contributed by atoms with E-state index >= 15 is 0 Å². The first kappa shape index (κ1) is 77.8. The molecule has 4 aliphatic heterocycles. The first-order chi connectivity index (χ1) is 43.2. The second-order valence-electron chi connectivity index (χ2n) is 30.3. The third kappa shape index (κ3) is 21.2. The van der Waals surface area contributed by atoms with Crippen LogP contribution in [-0.4, -0.2) is 135 Å². The first-order valence-corrected chi connectivity index (χ1v) is 42.4. The molecular weight excluding hydrogens is 1220 g/mol. The largest absolute Gasteiger partial charge is 0.518 e. The molecule has 0 saturated carbocycles. The zero-order chi connectivity index (χ0) is 68.0. The zero-order valence-electron chi connectivity index (χ0n) is 60.3. The lowest BCUT2D eigenvalue weighted by atomic mass is 9.78. The van der Waals surface area contributed by atoms with Crippen LogP contribution in [0.4, 0.5) is 0 Å². The van der Waals surface area contributed by atoms with Crippen molar-refractivity contribution in [1.82, 2.24) is 0 Å². The second kappa shape index (κ2) is 33.9. The Morgan fingerprint density at radius 2 is 1.18 bits per heavy atom. The van der Waals surface area contributed by atoms with Crippen LogP contribution < -0.4 is 0 Å². The van der Waals surface area contributed by atoms with Gasteiger partial charge in [-0.05, 0) is 77.4 Å². The van der Waals surface area contributed by atoms with Crippen molar-refractivity contribution in [3.05, 3.63) is 83.9 Å². The summed E-state index contributed by atoms with van der Waals surface area (Å²) in [4.78, 5) is 40.8. The average Bonchev–Trinajstić information content (AvgIpc) is 0.765. The Morgan fingerprint density at radius 3 is 1.73 bits per heavy atom. The Hall–Kier alpha value is -3.16. The number of hydrogen-bond donors (Lipinski definition) is 0. The first-order valence-electron chi connectivity index (χ1n) is 34.9. The summed E-state index contributed by atoms with van der Waals surface area (Å²) in [7, 11) is -5.38. The second-order valence-corrected chi connectivity index (χ2v) is 45.2. The molecule has 0 bridgehead atoms. The highest BCUT2D eigenvalue weighted by atomic mass is 28.4. The van der Waals surface area contributed by atoms with Crippen molar-refractivity contribution in [1.29, 1.82) is 0 Å². The van der Waals surface area contributed by atoms with Crippen LogP contribution >= 0.6 is 0 Å². The van der Waals surface area contributed by atoms with E-state index in [1.54, 1.807) is 7.11 Å². The lowest BCUT2D eigenvalue weighted by molar-refractivity contribution is -0.347. The van der Waals surface area contributed by atoms with Crippen LogP contribution in [0.1, 0.15) is 199 Å². The molecule has 19 heteroatoms. The van der Waals surface area contributed by atoms with E-state index in [2.05, 4.69) is 129 Å². The fourth-order valence-corrected chi connectivity index (χ4v) is 25.2. The molecule has 2 spiro atoms. The van der Waals surface area contributed by atoms with Gasteiger partial charge in [0, 0.05) is 90.6 Å². The number of carbonyl (C=O) groups excluding carboxylic acids is 3. The summed E-state index contributed by atoms with van der Waals surface area (Å²) in [5.41, 5.74) is 2.76. The van der Waals surface area contributed by atoms with Gasteiger partial charge in [0.25, 0.3) is 14.3 Å². The molecule has 4 fully saturated rings. The molecule has 4 heterocycles. The molecular formula is C73H122O16Si3. The Morgan fingerprint density at radius 1 is 0.663 bits per heavy atom. The predicted octanol–water partition coefficient (Wildman–Crippen LogP) is 16.6. The van der Waals surface area contributed by atoms with Crippen molar-refractivity contribution >= 4 is 42.9 Å². The quantitative estimate of drug-likeness (QED) is 0.0217. The molecule has 14 atom stereocenters. The molecule has 0 aromatic heterocycles. The molecule has 0 aliphatic carbocycles. The van der Waals surface area contributed by atoms with Gasteiger partial charge in [-0.1, -0.05) is 170 Å². The molecule has 0 unspecified atom stereocenters. The monoisotopic (exact) mass is 1340 g/mol. The standard InChI is InChI=1S/C73H122O16Si3/c1-22-91(23-2,24-3)89-71(18)41-64(85-73(48-71)43-63(81-56(13)74)37-61(84-73)40-68(76)88-92(50(4)5,51(6)7)52(8)9)35-53(10)54(11)69(82-57(14)75)55(12)67(80-49-79-46-59-33-29-26-30-34-59)39-60-36-62(77-19)42-72(83-60)44-65(87-90(20,21)70(15,16)17)38-66(86-72)47-78-45-58-31-27-25-28-32-58/h25-34,50-52,54-55,60-67,69H,10,22-24,35-49H2,1-9,11-21H3/t54-,55-,60+,61-,62+,63+,64+,65+,66-,67-,69+,71+,72+,73-/m1/s1. The Kier molecular flexibility index (Phi) is 28.7. The minimum absolute atomic E-state index is 0.0152. The van der Waals surface area contributed by atoms with Gasteiger partial charge in [0.05, 0.1) is 74.6 Å². The van der Waals surface area contributed by atoms with Gasteiger partial charge in [-0.25, -0.2) is 0 Å². The van der Waals surface area contributed by atoms with Crippen molar-refractivity contribution in [3.63, 3.8) is 0 Å². The highest BCUT2D eigenvalue weighted by Crippen LogP contribution is 2.51. The van der Waals surface area contributed by atoms with Gasteiger partial charge >= 0.3 is 11.9 Å². The summed E-state index contributed by atoms with van der Waals surface area (Å²) in [5.74, 6) is -4.35. The molecule has 92 heavy (non-hydrogen) atoms. The molecule has 522 valence electrons. The SMILES string of the molecule is C=C(C[C@H]1C[C@](C)(O[Si](CC)(CC)CC)C[C@@]2(C[C@@H](OC(C)=O)C[C@H](CC(=O)O[Si](C(C)C)(C(C)C)C(C)C)O2)O1)[C@@H](C)[C@H](OC(C)=O)[C@H](C)[C@@H](C[C@@H]1C[C@H](OC)C[C@]2(C[C@@H](O[Si](C)(C)C(C)(C)C)C[C@H](COCc3ccccc3)O2)O1)OCOCc1ccccc1. The van der Waals surface area contributed by atoms with E-state index in [9.17, 15) is 14.4 Å². The molecule has 4 aliphatic rings. The van der Waals surface area contributed by atoms with E-state index < -0.39 is 103 Å². The van der Waals surface area contributed by atoms with E-state index in [1.165, 1.54) is 13.8 Å². The van der Waals surface area contributed by atoms with Gasteiger partial charge in [-0.3, -0.25) is 14.4 Å². The fourth-order valence-electron chi connectivity index (χ4n) is 15.5. The van der Waals surface area contributed by atoms with Crippen molar-refractivity contribution in [3.8, 4) is 0 Å². The molecule has 6 rings (SSSR count). The van der Waals surface area contributed by atoms with Gasteiger partial charge in [0.1, 0.15) is 19.0 Å². The van der Waals surface area contributed by atoms with Crippen molar-refractivity contribution in [2.24, 2.45) is 11.8 Å². The number of benzene rings is 2. The average molecular weight is 1340 g/mol. The summed E-state index contributed by atoms with van der Waals surface area (Å²) in [6, 6.07) is 23.0. The normalized spacial score (nSPS) is 28.1. The molecule has 0 amide bonds. The van der Waals surface area contributed by atoms with Crippen molar-refractivity contribution < 1.29 is 75.0 Å². The van der Waals surface area contributed by atoms with Crippen LogP contribution in [0, 0.1) is 11.8 Å². The number of carbonyl (C=O) groups is 3. The van der Waals surface area contributed by atoms with E-state index in [0.717, 1.165) is 34.8 Å². The van der Waals surface area contributed by atoms with Gasteiger partial charge in [-0.2, -0.15) is 0 Å². The maximum Gasteiger partial charge on any atom is 0.302 e. The summed E-state index contributed by atoms with van der Waals surface area (Å²) < 4.78 is 89.0. The maximum absolute atomic E-state index is 14.4. The number of esters is 2. The Balaban J connectivity index is 1.32. The Bertz CT molecular complexity index is 2580. The summed E-state index contributed by atoms with van der Waals surface area (Å²) in [6.07, 6.45) is 0.336. The van der Waals surface area contributed by atoms with Crippen LogP contribution in [0.15, 0.2) is 72.8 Å².